The average Bonchev–Trinajstić information content (AvgIpc) is 2.75. The van der Waals surface area contributed by atoms with E-state index in [1.165, 1.54) is 10.4 Å². The maximum Gasteiger partial charge on any atom is 0.119 e. The summed E-state index contributed by atoms with van der Waals surface area (Å²) in [6.07, 6.45) is 0.187. The van der Waals surface area contributed by atoms with E-state index in [-0.39, 0.29) is 0 Å². The first kappa shape index (κ1) is 13.1. The van der Waals surface area contributed by atoms with Crippen LogP contribution in [0, 0.1) is 13.8 Å². The van der Waals surface area contributed by atoms with Crippen molar-refractivity contribution in [1.29, 1.82) is 0 Å². The third-order valence-corrected chi connectivity index (χ3v) is 3.77. The highest BCUT2D eigenvalue weighted by Crippen LogP contribution is 2.25. The number of aliphatic hydroxyl groups is 1. The zero-order chi connectivity index (χ0) is 13.0. The Balaban J connectivity index is 1.84. The van der Waals surface area contributed by atoms with Gasteiger partial charge in [0.1, 0.15) is 5.75 Å². The Bertz CT molecular complexity index is 505. The van der Waals surface area contributed by atoms with Crippen molar-refractivity contribution in [3.05, 3.63) is 51.7 Å². The number of thiophene rings is 1. The summed E-state index contributed by atoms with van der Waals surface area (Å²) >= 11 is 1.66. The smallest absolute Gasteiger partial charge is 0.119 e. The number of aryl methyl sites for hydroxylation is 2. The van der Waals surface area contributed by atoms with Crippen LogP contribution in [0.1, 0.15) is 28.5 Å². The molecule has 2 aromatic rings. The van der Waals surface area contributed by atoms with Gasteiger partial charge in [0.25, 0.3) is 0 Å². The second-order valence-electron chi connectivity index (χ2n) is 4.40. The summed E-state index contributed by atoms with van der Waals surface area (Å²) in [7, 11) is 0. The maximum atomic E-state index is 10.0. The Morgan fingerprint density at radius 3 is 2.78 bits per heavy atom. The number of ether oxygens (including phenoxy) is 1. The van der Waals surface area contributed by atoms with Crippen molar-refractivity contribution in [3.63, 3.8) is 0 Å². The normalized spacial score (nSPS) is 12.4. The van der Waals surface area contributed by atoms with Gasteiger partial charge in [-0.15, -0.1) is 11.3 Å². The van der Waals surface area contributed by atoms with E-state index in [0.29, 0.717) is 13.0 Å². The van der Waals surface area contributed by atoms with Gasteiger partial charge in [0, 0.05) is 11.3 Å². The molecule has 0 aliphatic rings. The van der Waals surface area contributed by atoms with E-state index in [9.17, 15) is 5.11 Å². The molecule has 1 aromatic heterocycles. The van der Waals surface area contributed by atoms with Crippen LogP contribution in [0.3, 0.4) is 0 Å². The summed E-state index contributed by atoms with van der Waals surface area (Å²) < 4.78 is 5.64. The largest absolute Gasteiger partial charge is 0.493 e. The predicted molar refractivity (Wildman–Crippen MR) is 75.3 cm³/mol. The molecule has 0 fully saturated rings. The molecule has 96 valence electrons. The quantitative estimate of drug-likeness (QED) is 0.886. The molecule has 1 N–H and O–H groups in total. The Morgan fingerprint density at radius 1 is 1.28 bits per heavy atom. The molecule has 0 amide bonds. The van der Waals surface area contributed by atoms with Crippen molar-refractivity contribution in [1.82, 2.24) is 0 Å². The molecular formula is C15H18O2S. The average molecular weight is 262 g/mol. The van der Waals surface area contributed by atoms with Crippen LogP contribution < -0.4 is 4.74 Å². The molecule has 0 saturated heterocycles. The minimum Gasteiger partial charge on any atom is -0.493 e. The van der Waals surface area contributed by atoms with Crippen molar-refractivity contribution in [2.75, 3.05) is 6.61 Å². The molecular weight excluding hydrogens is 244 g/mol. The van der Waals surface area contributed by atoms with Crippen LogP contribution in [0.15, 0.2) is 35.7 Å². The van der Waals surface area contributed by atoms with E-state index in [2.05, 4.69) is 0 Å². The molecule has 0 saturated carbocycles. The van der Waals surface area contributed by atoms with Crippen LogP contribution in [-0.4, -0.2) is 11.7 Å². The molecule has 1 heterocycles. The number of rotatable bonds is 5. The van der Waals surface area contributed by atoms with Crippen molar-refractivity contribution in [2.24, 2.45) is 0 Å². The van der Waals surface area contributed by atoms with Crippen LogP contribution in [0.25, 0.3) is 0 Å². The Hall–Kier alpha value is -1.32. The van der Waals surface area contributed by atoms with E-state index >= 15 is 0 Å². The number of benzene rings is 1. The van der Waals surface area contributed by atoms with Gasteiger partial charge >= 0.3 is 0 Å². The first-order valence-corrected chi connectivity index (χ1v) is 6.96. The zero-order valence-electron chi connectivity index (χ0n) is 10.7. The molecule has 3 heteroatoms. The molecule has 0 bridgehead atoms. The Morgan fingerprint density at radius 2 is 2.11 bits per heavy atom. The van der Waals surface area contributed by atoms with E-state index in [0.717, 1.165) is 11.3 Å². The van der Waals surface area contributed by atoms with Crippen LogP contribution in [-0.2, 0) is 0 Å². The van der Waals surface area contributed by atoms with Crippen LogP contribution >= 0.6 is 11.3 Å². The lowest BCUT2D eigenvalue weighted by Crippen LogP contribution is -2.05. The van der Waals surface area contributed by atoms with Crippen molar-refractivity contribution >= 4 is 11.3 Å². The van der Waals surface area contributed by atoms with Gasteiger partial charge in [0.05, 0.1) is 12.7 Å². The minimum atomic E-state index is -0.430. The fourth-order valence-electron chi connectivity index (χ4n) is 1.89. The summed E-state index contributed by atoms with van der Waals surface area (Å²) in [6.45, 7) is 4.60. The highest BCUT2D eigenvalue weighted by atomic mass is 32.1. The minimum absolute atomic E-state index is 0.430. The highest BCUT2D eigenvalue weighted by Gasteiger charge is 2.11. The first-order valence-electron chi connectivity index (χ1n) is 6.08. The fourth-order valence-corrected chi connectivity index (χ4v) is 2.65. The van der Waals surface area contributed by atoms with E-state index in [1.54, 1.807) is 11.3 Å². The summed E-state index contributed by atoms with van der Waals surface area (Å²) in [4.78, 5) is 1.18. The van der Waals surface area contributed by atoms with Gasteiger partial charge < -0.3 is 9.84 Å². The molecule has 0 aliphatic carbocycles. The molecule has 2 nitrogen and oxygen atoms in total. The second kappa shape index (κ2) is 6.03. The lowest BCUT2D eigenvalue weighted by atomic mass is 10.1. The fraction of sp³-hybridized carbons (Fsp3) is 0.333. The number of aliphatic hydroxyl groups excluding tert-OH is 1. The topological polar surface area (TPSA) is 29.5 Å². The van der Waals surface area contributed by atoms with Gasteiger partial charge in [0.2, 0.25) is 0 Å². The summed E-state index contributed by atoms with van der Waals surface area (Å²) in [5.41, 5.74) is 2.20. The van der Waals surface area contributed by atoms with E-state index in [4.69, 9.17) is 4.74 Å². The molecule has 0 radical (unpaired) electrons. The zero-order valence-corrected chi connectivity index (χ0v) is 11.5. The molecule has 0 spiro atoms. The molecule has 1 aromatic carbocycles. The lowest BCUT2D eigenvalue weighted by molar-refractivity contribution is 0.140. The predicted octanol–water partition coefficient (Wildman–Crippen LogP) is 3.87. The first-order chi connectivity index (χ1) is 8.66. The SMILES string of the molecule is Cc1cccc(OCCC(O)c2ccsc2C)c1. The summed E-state index contributed by atoms with van der Waals surface area (Å²) in [5.74, 6) is 0.865. The molecule has 0 aliphatic heterocycles. The standard InChI is InChI=1S/C15H18O2S/c1-11-4-3-5-13(10-11)17-8-6-15(16)14-7-9-18-12(14)2/h3-5,7,9-10,15-16H,6,8H2,1-2H3. The van der Waals surface area contributed by atoms with Gasteiger partial charge in [-0.1, -0.05) is 12.1 Å². The van der Waals surface area contributed by atoms with Gasteiger partial charge in [0.15, 0.2) is 0 Å². The Kier molecular flexibility index (Phi) is 4.39. The third-order valence-electron chi connectivity index (χ3n) is 2.91. The molecule has 18 heavy (non-hydrogen) atoms. The number of hydrogen-bond acceptors (Lipinski definition) is 3. The van der Waals surface area contributed by atoms with Gasteiger partial charge in [-0.3, -0.25) is 0 Å². The van der Waals surface area contributed by atoms with Crippen molar-refractivity contribution in [3.8, 4) is 5.75 Å². The van der Waals surface area contributed by atoms with Gasteiger partial charge in [-0.2, -0.15) is 0 Å². The monoisotopic (exact) mass is 262 g/mol. The van der Waals surface area contributed by atoms with E-state index < -0.39 is 6.10 Å². The summed E-state index contributed by atoms with van der Waals surface area (Å²) in [5, 5.41) is 12.1. The van der Waals surface area contributed by atoms with Crippen LogP contribution in [0.2, 0.25) is 0 Å². The van der Waals surface area contributed by atoms with E-state index in [1.807, 2.05) is 49.6 Å². The maximum absolute atomic E-state index is 10.0. The van der Waals surface area contributed by atoms with Crippen molar-refractivity contribution in [2.45, 2.75) is 26.4 Å². The molecule has 1 unspecified atom stereocenters. The highest BCUT2D eigenvalue weighted by molar-refractivity contribution is 7.10. The van der Waals surface area contributed by atoms with Gasteiger partial charge in [-0.25, -0.2) is 0 Å². The van der Waals surface area contributed by atoms with Gasteiger partial charge in [-0.05, 0) is 48.6 Å². The summed E-state index contributed by atoms with van der Waals surface area (Å²) in [6, 6.07) is 9.94. The molecule has 2 rings (SSSR count). The molecule has 1 atom stereocenters. The number of hydrogen-bond donors (Lipinski definition) is 1. The van der Waals surface area contributed by atoms with Crippen LogP contribution in [0.4, 0.5) is 0 Å². The second-order valence-corrected chi connectivity index (χ2v) is 5.52. The lowest BCUT2D eigenvalue weighted by Gasteiger charge is -2.12. The van der Waals surface area contributed by atoms with Crippen LogP contribution in [0.5, 0.6) is 5.75 Å². The third kappa shape index (κ3) is 3.34. The Labute approximate surface area is 112 Å². The van der Waals surface area contributed by atoms with Crippen molar-refractivity contribution < 1.29 is 9.84 Å².